The second kappa shape index (κ2) is 3.53. The molecule has 13 heavy (non-hydrogen) atoms. The van der Waals surface area contributed by atoms with E-state index in [2.05, 4.69) is 4.37 Å². The second-order valence-corrected chi connectivity index (χ2v) is 3.22. The van der Waals surface area contributed by atoms with Crippen LogP contribution >= 0.6 is 11.5 Å². The molecule has 0 aliphatic carbocycles. The summed E-state index contributed by atoms with van der Waals surface area (Å²) in [5, 5.41) is 9.16. The van der Waals surface area contributed by atoms with Gasteiger partial charge in [-0.3, -0.25) is 4.79 Å². The topological polar surface area (TPSA) is 70.5 Å². The van der Waals surface area contributed by atoms with E-state index in [0.717, 1.165) is 11.5 Å². The third kappa shape index (κ3) is 1.67. The van der Waals surface area contributed by atoms with Crippen LogP contribution < -0.4 is 4.90 Å². The van der Waals surface area contributed by atoms with Crippen LogP contribution in [0.25, 0.3) is 0 Å². The Hall–Kier alpha value is -1.43. The summed E-state index contributed by atoms with van der Waals surface area (Å²) in [6.45, 7) is 1.60. The zero-order chi connectivity index (χ0) is 10.0. The first-order chi connectivity index (χ1) is 6.07. The minimum Gasteiger partial charge on any atom is -0.478 e. The lowest BCUT2D eigenvalue weighted by molar-refractivity contribution is -0.107. The summed E-state index contributed by atoms with van der Waals surface area (Å²) in [7, 11) is 1.49. The van der Waals surface area contributed by atoms with Crippen LogP contribution in [0.4, 0.5) is 5.00 Å². The van der Waals surface area contributed by atoms with Crippen LogP contribution in [-0.4, -0.2) is 28.9 Å². The first-order valence-electron chi connectivity index (χ1n) is 3.45. The molecule has 1 aromatic rings. The number of aryl methyl sites for hydroxylation is 1. The molecule has 1 rings (SSSR count). The van der Waals surface area contributed by atoms with Crippen molar-refractivity contribution in [3.05, 3.63) is 11.3 Å². The fraction of sp³-hybridized carbons (Fsp3) is 0.286. The van der Waals surface area contributed by atoms with Gasteiger partial charge in [0.2, 0.25) is 6.41 Å². The fourth-order valence-electron chi connectivity index (χ4n) is 0.893. The molecule has 0 bridgehead atoms. The Morgan fingerprint density at radius 3 is 2.77 bits per heavy atom. The molecule has 0 atom stereocenters. The summed E-state index contributed by atoms with van der Waals surface area (Å²) < 4.78 is 3.87. The minimum atomic E-state index is -1.06. The van der Waals surface area contributed by atoms with Gasteiger partial charge in [0.25, 0.3) is 0 Å². The highest BCUT2D eigenvalue weighted by molar-refractivity contribution is 7.10. The highest BCUT2D eigenvalue weighted by atomic mass is 32.1. The summed E-state index contributed by atoms with van der Waals surface area (Å²) in [6.07, 6.45) is 0.555. The van der Waals surface area contributed by atoms with Gasteiger partial charge in [-0.15, -0.1) is 0 Å². The molecule has 0 saturated carbocycles. The van der Waals surface area contributed by atoms with Gasteiger partial charge in [-0.05, 0) is 18.5 Å². The van der Waals surface area contributed by atoms with Crippen LogP contribution in [0.2, 0.25) is 0 Å². The van der Waals surface area contributed by atoms with Crippen molar-refractivity contribution in [1.82, 2.24) is 4.37 Å². The SMILES string of the molecule is Cc1nsc(N(C)C=O)c1C(=O)O. The van der Waals surface area contributed by atoms with Gasteiger partial charge in [-0.2, -0.15) is 4.37 Å². The molecular formula is C7H8N2O3S. The van der Waals surface area contributed by atoms with Crippen molar-refractivity contribution in [2.45, 2.75) is 6.92 Å². The monoisotopic (exact) mass is 200 g/mol. The zero-order valence-corrected chi connectivity index (χ0v) is 7.96. The van der Waals surface area contributed by atoms with E-state index in [1.165, 1.54) is 11.9 Å². The molecule has 70 valence electrons. The smallest absolute Gasteiger partial charge is 0.340 e. The van der Waals surface area contributed by atoms with Crippen molar-refractivity contribution < 1.29 is 14.7 Å². The Morgan fingerprint density at radius 1 is 1.69 bits per heavy atom. The lowest BCUT2D eigenvalue weighted by Crippen LogP contribution is -2.15. The molecule has 0 unspecified atom stereocenters. The Labute approximate surface area is 78.8 Å². The van der Waals surface area contributed by atoms with Gasteiger partial charge >= 0.3 is 5.97 Å². The van der Waals surface area contributed by atoms with Crippen LogP contribution in [0, 0.1) is 6.92 Å². The summed E-state index contributed by atoms with van der Waals surface area (Å²) in [4.78, 5) is 22.4. The van der Waals surface area contributed by atoms with E-state index in [4.69, 9.17) is 5.11 Å². The van der Waals surface area contributed by atoms with Crippen molar-refractivity contribution in [2.24, 2.45) is 0 Å². The maximum absolute atomic E-state index is 10.7. The average Bonchev–Trinajstić information content (AvgIpc) is 2.45. The molecule has 0 aromatic carbocycles. The van der Waals surface area contributed by atoms with Crippen molar-refractivity contribution in [1.29, 1.82) is 0 Å². The van der Waals surface area contributed by atoms with Crippen LogP contribution in [0.15, 0.2) is 0 Å². The van der Waals surface area contributed by atoms with Crippen LogP contribution in [0.3, 0.4) is 0 Å². The van der Waals surface area contributed by atoms with Crippen molar-refractivity contribution in [2.75, 3.05) is 11.9 Å². The van der Waals surface area contributed by atoms with E-state index >= 15 is 0 Å². The number of rotatable bonds is 3. The van der Waals surface area contributed by atoms with Crippen LogP contribution in [0.5, 0.6) is 0 Å². The Kier molecular flexibility index (Phi) is 2.62. The molecule has 0 aliphatic heterocycles. The lowest BCUT2D eigenvalue weighted by atomic mass is 10.2. The van der Waals surface area contributed by atoms with E-state index in [0.29, 0.717) is 17.1 Å². The lowest BCUT2D eigenvalue weighted by Gasteiger charge is -2.07. The minimum absolute atomic E-state index is 0.0969. The summed E-state index contributed by atoms with van der Waals surface area (Å²) in [6, 6.07) is 0. The zero-order valence-electron chi connectivity index (χ0n) is 7.14. The number of hydrogen-bond donors (Lipinski definition) is 1. The van der Waals surface area contributed by atoms with Gasteiger partial charge in [0.1, 0.15) is 10.6 Å². The molecule has 1 aromatic heterocycles. The van der Waals surface area contributed by atoms with Gasteiger partial charge in [0.05, 0.1) is 5.69 Å². The number of nitrogens with zero attached hydrogens (tertiary/aromatic N) is 2. The summed E-state index contributed by atoms with van der Waals surface area (Å²) in [5.74, 6) is -1.06. The molecule has 1 N–H and O–H groups in total. The fourth-order valence-corrected chi connectivity index (χ4v) is 1.71. The Bertz CT molecular complexity index is 348. The highest BCUT2D eigenvalue weighted by Gasteiger charge is 2.19. The van der Waals surface area contributed by atoms with E-state index in [1.54, 1.807) is 6.92 Å². The number of anilines is 1. The quantitative estimate of drug-likeness (QED) is 0.730. The number of amides is 1. The van der Waals surface area contributed by atoms with Crippen molar-refractivity contribution in [3.8, 4) is 0 Å². The van der Waals surface area contributed by atoms with Gasteiger partial charge < -0.3 is 10.0 Å². The van der Waals surface area contributed by atoms with Crippen LogP contribution in [-0.2, 0) is 4.79 Å². The first-order valence-corrected chi connectivity index (χ1v) is 4.23. The van der Waals surface area contributed by atoms with E-state index in [1.807, 2.05) is 0 Å². The standard InChI is InChI=1S/C7H8N2O3S/c1-4-5(7(11)12)6(13-8-4)9(2)3-10/h3H,1-2H3,(H,11,12). The molecule has 0 radical (unpaired) electrons. The summed E-state index contributed by atoms with van der Waals surface area (Å²) >= 11 is 1.00. The number of carbonyl (C=O) groups is 2. The molecule has 0 fully saturated rings. The molecule has 6 heteroatoms. The largest absolute Gasteiger partial charge is 0.478 e. The highest BCUT2D eigenvalue weighted by Crippen LogP contribution is 2.26. The molecule has 1 heterocycles. The van der Waals surface area contributed by atoms with E-state index in [-0.39, 0.29) is 5.56 Å². The summed E-state index contributed by atoms with van der Waals surface area (Å²) in [5.41, 5.74) is 0.529. The molecule has 5 nitrogen and oxygen atoms in total. The van der Waals surface area contributed by atoms with Gasteiger partial charge in [0.15, 0.2) is 0 Å². The first kappa shape index (κ1) is 9.66. The number of aromatic carboxylic acids is 1. The maximum atomic E-state index is 10.7. The third-order valence-corrected chi connectivity index (χ3v) is 2.57. The van der Waals surface area contributed by atoms with E-state index in [9.17, 15) is 9.59 Å². The molecule has 0 saturated heterocycles. The number of carbonyl (C=O) groups excluding carboxylic acids is 1. The number of aromatic nitrogens is 1. The molecule has 0 aliphatic rings. The van der Waals surface area contributed by atoms with Gasteiger partial charge in [-0.25, -0.2) is 4.79 Å². The maximum Gasteiger partial charge on any atom is 0.340 e. The Morgan fingerprint density at radius 2 is 2.31 bits per heavy atom. The second-order valence-electron chi connectivity index (χ2n) is 2.47. The Balaban J connectivity index is 3.22. The van der Waals surface area contributed by atoms with E-state index < -0.39 is 5.97 Å². The number of carboxylic acid groups (broad SMARTS) is 1. The molecular weight excluding hydrogens is 192 g/mol. The number of carboxylic acids is 1. The predicted molar refractivity (Wildman–Crippen MR) is 48.3 cm³/mol. The number of hydrogen-bond acceptors (Lipinski definition) is 4. The van der Waals surface area contributed by atoms with Gasteiger partial charge in [0, 0.05) is 7.05 Å². The normalized spacial score (nSPS) is 9.69. The molecule has 1 amide bonds. The average molecular weight is 200 g/mol. The van der Waals surface area contributed by atoms with Crippen molar-refractivity contribution in [3.63, 3.8) is 0 Å². The predicted octanol–water partition coefficient (Wildman–Crippen LogP) is 0.742. The van der Waals surface area contributed by atoms with Crippen LogP contribution in [0.1, 0.15) is 16.1 Å². The van der Waals surface area contributed by atoms with Gasteiger partial charge in [-0.1, -0.05) is 0 Å². The molecule has 0 spiro atoms. The third-order valence-electron chi connectivity index (χ3n) is 1.54. The van der Waals surface area contributed by atoms with Crippen molar-refractivity contribution >= 4 is 28.9 Å².